The summed E-state index contributed by atoms with van der Waals surface area (Å²) >= 11 is 0. The molecule has 0 aliphatic carbocycles. The Hall–Kier alpha value is -3.03. The maximum Gasteiger partial charge on any atom is 0.258 e. The highest BCUT2D eigenvalue weighted by Crippen LogP contribution is 2.28. The van der Waals surface area contributed by atoms with Gasteiger partial charge in [-0.1, -0.05) is 5.16 Å². The van der Waals surface area contributed by atoms with Crippen molar-refractivity contribution in [1.82, 2.24) is 29.8 Å². The molecule has 0 bridgehead atoms. The fourth-order valence-corrected chi connectivity index (χ4v) is 3.33. The van der Waals surface area contributed by atoms with Crippen molar-refractivity contribution in [2.75, 3.05) is 13.1 Å². The number of piperidine rings is 1. The van der Waals surface area contributed by atoms with E-state index in [1.807, 2.05) is 31.0 Å². The molecule has 8 nitrogen and oxygen atoms in total. The van der Waals surface area contributed by atoms with E-state index in [1.165, 1.54) is 0 Å². The van der Waals surface area contributed by atoms with Gasteiger partial charge in [0, 0.05) is 50.2 Å². The fraction of sp³-hybridized carbons (Fsp3) is 0.389. The molecule has 1 fully saturated rings. The van der Waals surface area contributed by atoms with Crippen LogP contribution in [0.3, 0.4) is 0 Å². The number of nitrogens with zero attached hydrogens (tertiary/aromatic N) is 6. The normalized spacial score (nSPS) is 15.4. The Balaban J connectivity index is 1.42. The van der Waals surface area contributed by atoms with Gasteiger partial charge in [-0.05, 0) is 31.9 Å². The second-order valence-corrected chi connectivity index (χ2v) is 6.56. The van der Waals surface area contributed by atoms with Crippen LogP contribution in [0.4, 0.5) is 0 Å². The summed E-state index contributed by atoms with van der Waals surface area (Å²) in [5.74, 6) is 1.46. The van der Waals surface area contributed by atoms with Gasteiger partial charge in [0.05, 0.1) is 11.3 Å². The van der Waals surface area contributed by atoms with Gasteiger partial charge in [-0.2, -0.15) is 10.1 Å². The molecule has 1 aliphatic rings. The Morgan fingerprint density at radius 1 is 1.23 bits per heavy atom. The maximum atomic E-state index is 12.7. The average Bonchev–Trinajstić information content (AvgIpc) is 3.29. The lowest BCUT2D eigenvalue weighted by molar-refractivity contribution is 0.0710. The SMILES string of the molecule is Cc1nn(C)cc1C(=O)N1CCC(c2noc(-c3ccncc3)n2)CC1. The van der Waals surface area contributed by atoms with Gasteiger partial charge in [0.25, 0.3) is 11.8 Å². The van der Waals surface area contributed by atoms with E-state index in [1.54, 1.807) is 23.3 Å². The van der Waals surface area contributed by atoms with Crippen molar-refractivity contribution in [3.8, 4) is 11.5 Å². The molecule has 8 heteroatoms. The van der Waals surface area contributed by atoms with E-state index in [-0.39, 0.29) is 11.8 Å². The third kappa shape index (κ3) is 3.10. The van der Waals surface area contributed by atoms with Crippen molar-refractivity contribution in [2.24, 2.45) is 7.05 Å². The van der Waals surface area contributed by atoms with Gasteiger partial charge in [0.2, 0.25) is 0 Å². The summed E-state index contributed by atoms with van der Waals surface area (Å²) < 4.78 is 7.06. The van der Waals surface area contributed by atoms with Crippen molar-refractivity contribution in [2.45, 2.75) is 25.7 Å². The summed E-state index contributed by atoms with van der Waals surface area (Å²) in [5.41, 5.74) is 2.30. The van der Waals surface area contributed by atoms with Crippen molar-refractivity contribution >= 4 is 5.91 Å². The Bertz CT molecular complexity index is 909. The molecule has 0 unspecified atom stereocenters. The van der Waals surface area contributed by atoms with Gasteiger partial charge in [0.1, 0.15) is 0 Å². The van der Waals surface area contributed by atoms with Gasteiger partial charge in [0.15, 0.2) is 5.82 Å². The van der Waals surface area contributed by atoms with Crippen LogP contribution in [0.25, 0.3) is 11.5 Å². The summed E-state index contributed by atoms with van der Waals surface area (Å²) in [6.45, 7) is 3.22. The molecule has 0 saturated carbocycles. The van der Waals surface area contributed by atoms with Gasteiger partial charge in [-0.25, -0.2) is 0 Å². The average molecular weight is 352 g/mol. The summed E-state index contributed by atoms with van der Waals surface area (Å²) in [5, 5.41) is 8.39. The number of hydrogen-bond donors (Lipinski definition) is 0. The molecule has 134 valence electrons. The summed E-state index contributed by atoms with van der Waals surface area (Å²) in [6.07, 6.45) is 6.82. The molecular weight excluding hydrogens is 332 g/mol. The Labute approximate surface area is 150 Å². The Morgan fingerprint density at radius 3 is 2.62 bits per heavy atom. The number of aryl methyl sites for hydroxylation is 2. The first-order valence-electron chi connectivity index (χ1n) is 8.65. The van der Waals surface area contributed by atoms with Crippen LogP contribution >= 0.6 is 0 Å². The van der Waals surface area contributed by atoms with Crippen molar-refractivity contribution in [3.63, 3.8) is 0 Å². The molecule has 0 spiro atoms. The van der Waals surface area contributed by atoms with Crippen LogP contribution in [-0.4, -0.2) is 48.8 Å². The van der Waals surface area contributed by atoms with Crippen LogP contribution < -0.4 is 0 Å². The number of likely N-dealkylation sites (tertiary alicyclic amines) is 1. The fourth-order valence-electron chi connectivity index (χ4n) is 3.33. The second-order valence-electron chi connectivity index (χ2n) is 6.56. The minimum Gasteiger partial charge on any atom is -0.338 e. The van der Waals surface area contributed by atoms with E-state index < -0.39 is 0 Å². The molecule has 4 rings (SSSR count). The number of aromatic nitrogens is 5. The molecule has 0 aromatic carbocycles. The van der Waals surface area contributed by atoms with Crippen LogP contribution in [0.2, 0.25) is 0 Å². The van der Waals surface area contributed by atoms with Gasteiger partial charge in [-0.3, -0.25) is 14.5 Å². The standard InChI is InChI=1S/C18H20N6O2/c1-12-15(11-23(2)21-12)18(25)24-9-5-13(6-10-24)16-20-17(26-22-16)14-3-7-19-8-4-14/h3-4,7-8,11,13H,5-6,9-10H2,1-2H3. The zero-order valence-electron chi connectivity index (χ0n) is 14.8. The molecule has 3 aromatic rings. The predicted octanol–water partition coefficient (Wildman–Crippen LogP) is 2.19. The number of pyridine rings is 1. The smallest absolute Gasteiger partial charge is 0.258 e. The zero-order valence-corrected chi connectivity index (χ0v) is 14.8. The number of amides is 1. The number of carbonyl (C=O) groups excluding carboxylic acids is 1. The van der Waals surface area contributed by atoms with E-state index in [9.17, 15) is 4.79 Å². The molecular formula is C18H20N6O2. The van der Waals surface area contributed by atoms with E-state index in [0.717, 1.165) is 24.1 Å². The van der Waals surface area contributed by atoms with E-state index in [2.05, 4.69) is 20.2 Å². The molecule has 0 N–H and O–H groups in total. The minimum atomic E-state index is 0.0413. The van der Waals surface area contributed by atoms with Crippen molar-refractivity contribution in [3.05, 3.63) is 47.8 Å². The lowest BCUT2D eigenvalue weighted by Gasteiger charge is -2.30. The third-order valence-corrected chi connectivity index (χ3v) is 4.76. The molecule has 0 radical (unpaired) electrons. The Kier molecular flexibility index (Phi) is 4.24. The first-order chi connectivity index (χ1) is 12.6. The van der Waals surface area contributed by atoms with Gasteiger partial charge in [-0.15, -0.1) is 0 Å². The zero-order chi connectivity index (χ0) is 18.1. The molecule has 26 heavy (non-hydrogen) atoms. The third-order valence-electron chi connectivity index (χ3n) is 4.76. The lowest BCUT2D eigenvalue weighted by atomic mass is 9.95. The van der Waals surface area contributed by atoms with Crippen LogP contribution in [0.5, 0.6) is 0 Å². The van der Waals surface area contributed by atoms with Gasteiger partial charge < -0.3 is 9.42 Å². The topological polar surface area (TPSA) is 89.9 Å². The van der Waals surface area contributed by atoms with Crippen LogP contribution in [-0.2, 0) is 7.05 Å². The maximum absolute atomic E-state index is 12.7. The second kappa shape index (κ2) is 6.70. The minimum absolute atomic E-state index is 0.0413. The quantitative estimate of drug-likeness (QED) is 0.718. The Morgan fingerprint density at radius 2 is 1.96 bits per heavy atom. The molecule has 1 amide bonds. The molecule has 0 atom stereocenters. The van der Waals surface area contributed by atoms with Crippen LogP contribution in [0.15, 0.2) is 35.2 Å². The summed E-state index contributed by atoms with van der Waals surface area (Å²) in [7, 11) is 1.83. The largest absolute Gasteiger partial charge is 0.338 e. The van der Waals surface area contributed by atoms with Crippen LogP contribution in [0, 0.1) is 6.92 Å². The summed E-state index contributed by atoms with van der Waals surface area (Å²) in [6, 6.07) is 3.68. The number of rotatable bonds is 3. The van der Waals surface area contributed by atoms with E-state index in [0.29, 0.717) is 30.4 Å². The summed E-state index contributed by atoms with van der Waals surface area (Å²) in [4.78, 5) is 23.1. The van der Waals surface area contributed by atoms with E-state index >= 15 is 0 Å². The molecule has 3 aromatic heterocycles. The lowest BCUT2D eigenvalue weighted by Crippen LogP contribution is -2.38. The highest BCUT2D eigenvalue weighted by molar-refractivity contribution is 5.95. The molecule has 1 aliphatic heterocycles. The highest BCUT2D eigenvalue weighted by atomic mass is 16.5. The first-order valence-corrected chi connectivity index (χ1v) is 8.65. The van der Waals surface area contributed by atoms with Crippen molar-refractivity contribution in [1.29, 1.82) is 0 Å². The predicted molar refractivity (Wildman–Crippen MR) is 93.4 cm³/mol. The number of hydrogen-bond acceptors (Lipinski definition) is 6. The highest BCUT2D eigenvalue weighted by Gasteiger charge is 2.28. The molecule has 4 heterocycles. The monoisotopic (exact) mass is 352 g/mol. The van der Waals surface area contributed by atoms with Gasteiger partial charge >= 0.3 is 0 Å². The molecule has 1 saturated heterocycles. The first kappa shape index (κ1) is 16.4. The number of carbonyl (C=O) groups is 1. The van der Waals surface area contributed by atoms with Crippen LogP contribution in [0.1, 0.15) is 40.6 Å². The van der Waals surface area contributed by atoms with E-state index in [4.69, 9.17) is 4.52 Å². The van der Waals surface area contributed by atoms with Crippen molar-refractivity contribution < 1.29 is 9.32 Å².